The molecular formula is C11H20N4O2S2. The second-order valence-corrected chi connectivity index (χ2v) is 7.12. The van der Waals surface area contributed by atoms with Gasteiger partial charge < -0.3 is 10.6 Å². The third-order valence-corrected chi connectivity index (χ3v) is 5.14. The van der Waals surface area contributed by atoms with Crippen molar-refractivity contribution in [3.63, 3.8) is 0 Å². The van der Waals surface area contributed by atoms with Crippen molar-refractivity contribution in [3.05, 3.63) is 15.8 Å². The minimum Gasteiger partial charge on any atom is -0.359 e. The van der Waals surface area contributed by atoms with Gasteiger partial charge in [0.25, 0.3) is 0 Å². The van der Waals surface area contributed by atoms with Gasteiger partial charge in [0.1, 0.15) is 0 Å². The Balaban J connectivity index is 2.55. The third-order valence-electron chi connectivity index (χ3n) is 2.45. The number of sulfonamides is 1. The molecule has 3 N–H and O–H groups in total. The van der Waals surface area contributed by atoms with E-state index in [0.717, 1.165) is 9.75 Å². The Labute approximate surface area is 118 Å². The minimum absolute atomic E-state index is 0.303. The zero-order valence-corrected chi connectivity index (χ0v) is 13.2. The van der Waals surface area contributed by atoms with Gasteiger partial charge in [-0.2, -0.15) is 0 Å². The number of thiophene rings is 1. The summed E-state index contributed by atoms with van der Waals surface area (Å²) < 4.78 is 26.7. The molecule has 0 bridgehead atoms. The van der Waals surface area contributed by atoms with Gasteiger partial charge in [-0.05, 0) is 19.9 Å². The lowest BCUT2D eigenvalue weighted by Gasteiger charge is -2.09. The summed E-state index contributed by atoms with van der Waals surface area (Å²) in [6, 6.07) is 1.70. The van der Waals surface area contributed by atoms with Gasteiger partial charge in [-0.25, -0.2) is 13.1 Å². The Morgan fingerprint density at radius 2 is 2.05 bits per heavy atom. The predicted octanol–water partition coefficient (Wildman–Crippen LogP) is 0.438. The van der Waals surface area contributed by atoms with Gasteiger partial charge in [0.05, 0.1) is 4.90 Å². The van der Waals surface area contributed by atoms with E-state index in [0.29, 0.717) is 23.9 Å². The highest BCUT2D eigenvalue weighted by Crippen LogP contribution is 2.24. The van der Waals surface area contributed by atoms with E-state index in [1.165, 1.54) is 11.3 Å². The fraction of sp³-hybridized carbons (Fsp3) is 0.545. The molecule has 0 aliphatic carbocycles. The van der Waals surface area contributed by atoms with E-state index in [1.807, 2.05) is 13.8 Å². The second-order valence-electron chi connectivity index (χ2n) is 3.92. The third kappa shape index (κ3) is 4.48. The topological polar surface area (TPSA) is 82.6 Å². The molecule has 0 atom stereocenters. The van der Waals surface area contributed by atoms with Gasteiger partial charge in [-0.3, -0.25) is 4.99 Å². The molecule has 1 rings (SSSR count). The van der Waals surface area contributed by atoms with Gasteiger partial charge in [-0.1, -0.05) is 0 Å². The minimum atomic E-state index is -3.42. The highest BCUT2D eigenvalue weighted by atomic mass is 32.2. The standard InChI is InChI=1S/C11H20N4O2S2/c1-8-7-10(9(2)18-8)19(16,17)15-6-5-14-11(12-3)13-4/h7,15H,5-6H2,1-4H3,(H2,12,13,14). The number of hydrogen-bond acceptors (Lipinski definition) is 4. The van der Waals surface area contributed by atoms with Crippen LogP contribution in [0.5, 0.6) is 0 Å². The van der Waals surface area contributed by atoms with E-state index in [-0.39, 0.29) is 0 Å². The summed E-state index contributed by atoms with van der Waals surface area (Å²) in [5.74, 6) is 0.627. The van der Waals surface area contributed by atoms with Crippen LogP contribution in [-0.4, -0.2) is 41.6 Å². The van der Waals surface area contributed by atoms with Crippen molar-refractivity contribution in [3.8, 4) is 0 Å². The molecule has 1 heterocycles. The molecular weight excluding hydrogens is 284 g/mol. The van der Waals surface area contributed by atoms with Gasteiger partial charge in [-0.15, -0.1) is 11.3 Å². The van der Waals surface area contributed by atoms with E-state index in [2.05, 4.69) is 20.3 Å². The zero-order chi connectivity index (χ0) is 14.5. The maximum absolute atomic E-state index is 12.1. The van der Waals surface area contributed by atoms with Crippen molar-refractivity contribution >= 4 is 27.3 Å². The van der Waals surface area contributed by atoms with Crippen LogP contribution >= 0.6 is 11.3 Å². The number of guanidine groups is 1. The summed E-state index contributed by atoms with van der Waals surface area (Å²) in [7, 11) is -0.0211. The van der Waals surface area contributed by atoms with Gasteiger partial charge in [0.15, 0.2) is 5.96 Å². The van der Waals surface area contributed by atoms with Crippen LogP contribution in [0.2, 0.25) is 0 Å². The molecule has 108 valence electrons. The number of hydrogen-bond donors (Lipinski definition) is 3. The zero-order valence-electron chi connectivity index (χ0n) is 11.6. The van der Waals surface area contributed by atoms with E-state index in [4.69, 9.17) is 0 Å². The van der Waals surface area contributed by atoms with Crippen LogP contribution in [0.25, 0.3) is 0 Å². The highest BCUT2D eigenvalue weighted by Gasteiger charge is 2.18. The van der Waals surface area contributed by atoms with Crippen molar-refractivity contribution < 1.29 is 8.42 Å². The van der Waals surface area contributed by atoms with Crippen molar-refractivity contribution in [1.82, 2.24) is 15.4 Å². The molecule has 0 aliphatic heterocycles. The summed E-state index contributed by atoms with van der Waals surface area (Å²) >= 11 is 1.48. The van der Waals surface area contributed by atoms with Crippen molar-refractivity contribution in [2.24, 2.45) is 4.99 Å². The molecule has 0 spiro atoms. The average molecular weight is 304 g/mol. The summed E-state index contributed by atoms with van der Waals surface area (Å²) in [4.78, 5) is 6.10. The fourth-order valence-electron chi connectivity index (χ4n) is 1.60. The monoisotopic (exact) mass is 304 g/mol. The van der Waals surface area contributed by atoms with Gasteiger partial charge >= 0.3 is 0 Å². The molecule has 19 heavy (non-hydrogen) atoms. The number of nitrogens with one attached hydrogen (secondary N) is 3. The maximum atomic E-state index is 12.1. The number of nitrogens with zero attached hydrogens (tertiary/aromatic N) is 1. The highest BCUT2D eigenvalue weighted by molar-refractivity contribution is 7.89. The lowest BCUT2D eigenvalue weighted by atomic mass is 10.4. The summed E-state index contributed by atoms with van der Waals surface area (Å²) in [6.07, 6.45) is 0. The van der Waals surface area contributed by atoms with E-state index >= 15 is 0 Å². The Morgan fingerprint density at radius 1 is 1.37 bits per heavy atom. The largest absolute Gasteiger partial charge is 0.359 e. The number of rotatable bonds is 5. The molecule has 0 saturated carbocycles. The molecule has 8 heteroatoms. The van der Waals surface area contributed by atoms with E-state index < -0.39 is 10.0 Å². The molecule has 0 aromatic carbocycles. The quantitative estimate of drug-likeness (QED) is 0.419. The summed E-state index contributed by atoms with van der Waals surface area (Å²) in [6.45, 7) is 4.48. The molecule has 0 unspecified atom stereocenters. The van der Waals surface area contributed by atoms with E-state index in [9.17, 15) is 8.42 Å². The van der Waals surface area contributed by atoms with Crippen LogP contribution in [0.4, 0.5) is 0 Å². The van der Waals surface area contributed by atoms with E-state index in [1.54, 1.807) is 20.2 Å². The lowest BCUT2D eigenvalue weighted by Crippen LogP contribution is -2.39. The molecule has 0 radical (unpaired) electrons. The van der Waals surface area contributed by atoms with Gasteiger partial charge in [0, 0.05) is 36.9 Å². The Morgan fingerprint density at radius 3 is 2.53 bits per heavy atom. The molecule has 0 fully saturated rings. The first-order chi connectivity index (χ1) is 8.90. The Bertz CT molecular complexity index is 549. The van der Waals surface area contributed by atoms with Gasteiger partial charge in [0.2, 0.25) is 10.0 Å². The molecule has 0 amide bonds. The smallest absolute Gasteiger partial charge is 0.241 e. The summed E-state index contributed by atoms with van der Waals surface area (Å²) in [5.41, 5.74) is 0. The van der Waals surface area contributed by atoms with Crippen LogP contribution in [0.3, 0.4) is 0 Å². The number of aryl methyl sites for hydroxylation is 2. The molecule has 1 aromatic rings. The fourth-order valence-corrected chi connectivity index (χ4v) is 4.18. The molecule has 1 aromatic heterocycles. The first kappa shape index (κ1) is 15.9. The SMILES string of the molecule is CN=C(NC)NCCNS(=O)(=O)c1cc(C)sc1C. The maximum Gasteiger partial charge on any atom is 0.241 e. The molecule has 6 nitrogen and oxygen atoms in total. The second kappa shape index (κ2) is 6.88. The Hall–Kier alpha value is -1.12. The van der Waals surface area contributed by atoms with Crippen LogP contribution in [0.1, 0.15) is 9.75 Å². The van der Waals surface area contributed by atoms with Crippen LogP contribution in [0, 0.1) is 13.8 Å². The van der Waals surface area contributed by atoms with Crippen molar-refractivity contribution in [2.45, 2.75) is 18.7 Å². The summed E-state index contributed by atoms with van der Waals surface area (Å²) in [5, 5.41) is 5.83. The van der Waals surface area contributed by atoms with Crippen molar-refractivity contribution in [1.29, 1.82) is 0 Å². The Kier molecular flexibility index (Phi) is 5.77. The van der Waals surface area contributed by atoms with Crippen LogP contribution in [0.15, 0.2) is 16.0 Å². The molecule has 0 aliphatic rings. The first-order valence-corrected chi connectivity index (χ1v) is 8.15. The van der Waals surface area contributed by atoms with Crippen LogP contribution in [-0.2, 0) is 10.0 Å². The average Bonchev–Trinajstić information content (AvgIpc) is 2.69. The predicted molar refractivity (Wildman–Crippen MR) is 79.4 cm³/mol. The molecule has 0 saturated heterocycles. The lowest BCUT2D eigenvalue weighted by molar-refractivity contribution is 0.580. The first-order valence-electron chi connectivity index (χ1n) is 5.86. The van der Waals surface area contributed by atoms with Crippen LogP contribution < -0.4 is 15.4 Å². The number of aliphatic imine (C=N–C) groups is 1. The normalized spacial score (nSPS) is 12.5. The van der Waals surface area contributed by atoms with Crippen molar-refractivity contribution in [2.75, 3.05) is 27.2 Å².